The van der Waals surface area contributed by atoms with Crippen LogP contribution in [-0.4, -0.2) is 39.3 Å². The Kier molecular flexibility index (Phi) is 5.54. The summed E-state index contributed by atoms with van der Waals surface area (Å²) < 4.78 is 46.4. The summed E-state index contributed by atoms with van der Waals surface area (Å²) in [6, 6.07) is 9.37. The van der Waals surface area contributed by atoms with Gasteiger partial charge in [0.25, 0.3) is 5.91 Å². The molecule has 0 unspecified atom stereocenters. The monoisotopic (exact) mass is 409 g/mol. The smallest absolute Gasteiger partial charge is 0.434 e. The maximum absolute atomic E-state index is 13.7. The van der Waals surface area contributed by atoms with Crippen molar-refractivity contribution in [3.8, 4) is 11.7 Å². The Morgan fingerprint density at radius 1 is 1.21 bits per heavy atom. The van der Waals surface area contributed by atoms with Gasteiger partial charge in [-0.25, -0.2) is 4.68 Å². The Morgan fingerprint density at radius 3 is 2.61 bits per heavy atom. The minimum Gasteiger partial charge on any atom is -0.480 e. The first-order valence-corrected chi connectivity index (χ1v) is 9.04. The molecule has 146 valence electrons. The van der Waals surface area contributed by atoms with E-state index < -0.39 is 23.3 Å². The number of aromatic nitrogens is 4. The topological polar surface area (TPSA) is 81.9 Å². The highest BCUT2D eigenvalue weighted by molar-refractivity contribution is 7.98. The first-order valence-electron chi connectivity index (χ1n) is 7.82. The summed E-state index contributed by atoms with van der Waals surface area (Å²) in [7, 11) is 1.35. The molecule has 0 bridgehead atoms. The molecule has 0 spiro atoms. The molecule has 1 N–H and O–H groups in total. The van der Waals surface area contributed by atoms with Crippen molar-refractivity contribution in [3.63, 3.8) is 0 Å². The van der Waals surface area contributed by atoms with Crippen LogP contribution in [0.5, 0.6) is 5.88 Å². The maximum atomic E-state index is 13.7. The summed E-state index contributed by atoms with van der Waals surface area (Å²) in [5, 5.41) is 13.5. The van der Waals surface area contributed by atoms with E-state index >= 15 is 0 Å². The molecular formula is C17H14F3N5O2S. The van der Waals surface area contributed by atoms with Gasteiger partial charge in [-0.05, 0) is 30.5 Å². The van der Waals surface area contributed by atoms with Gasteiger partial charge in [-0.15, -0.1) is 22.0 Å². The molecule has 2 aromatic heterocycles. The van der Waals surface area contributed by atoms with Crippen LogP contribution < -0.4 is 10.1 Å². The van der Waals surface area contributed by atoms with Crippen LogP contribution in [0.25, 0.3) is 5.82 Å². The van der Waals surface area contributed by atoms with Crippen molar-refractivity contribution in [1.29, 1.82) is 0 Å². The number of alkyl halides is 3. The maximum Gasteiger partial charge on any atom is 0.434 e. The first kappa shape index (κ1) is 19.7. The summed E-state index contributed by atoms with van der Waals surface area (Å²) in [6.07, 6.45) is -2.14. The Morgan fingerprint density at radius 2 is 2.00 bits per heavy atom. The third kappa shape index (κ3) is 4.09. The largest absolute Gasteiger partial charge is 0.480 e. The number of amides is 1. The number of nitrogens with one attached hydrogen (secondary N) is 1. The van der Waals surface area contributed by atoms with Gasteiger partial charge in [0.2, 0.25) is 5.88 Å². The fraction of sp³-hybridized carbons (Fsp3) is 0.176. The molecule has 0 aliphatic rings. The summed E-state index contributed by atoms with van der Waals surface area (Å²) in [6.45, 7) is 0. The van der Waals surface area contributed by atoms with Crippen molar-refractivity contribution in [1.82, 2.24) is 20.0 Å². The van der Waals surface area contributed by atoms with Crippen LogP contribution in [0.3, 0.4) is 0 Å². The summed E-state index contributed by atoms with van der Waals surface area (Å²) >= 11 is 1.44. The number of anilines is 1. The van der Waals surface area contributed by atoms with Gasteiger partial charge >= 0.3 is 6.18 Å². The highest BCUT2D eigenvalue weighted by Gasteiger charge is 2.41. The molecule has 2 heterocycles. The number of rotatable bonds is 5. The minimum atomic E-state index is -4.84. The van der Waals surface area contributed by atoms with Crippen molar-refractivity contribution in [2.75, 3.05) is 18.7 Å². The predicted molar refractivity (Wildman–Crippen MR) is 96.9 cm³/mol. The van der Waals surface area contributed by atoms with E-state index in [-0.39, 0.29) is 11.7 Å². The van der Waals surface area contributed by atoms with E-state index in [1.165, 1.54) is 31.0 Å². The Balaban J connectivity index is 1.98. The fourth-order valence-corrected chi connectivity index (χ4v) is 2.85. The second kappa shape index (κ2) is 7.89. The minimum absolute atomic E-state index is 0.135. The molecule has 0 aliphatic carbocycles. The molecule has 0 saturated carbocycles. The molecule has 0 atom stereocenters. The quantitative estimate of drug-likeness (QED) is 0.648. The van der Waals surface area contributed by atoms with Gasteiger partial charge < -0.3 is 10.1 Å². The molecule has 0 fully saturated rings. The third-order valence-corrected chi connectivity index (χ3v) is 4.39. The van der Waals surface area contributed by atoms with E-state index in [0.717, 1.165) is 11.1 Å². The average Bonchev–Trinajstić information content (AvgIpc) is 3.14. The number of ether oxygens (including phenoxy) is 1. The van der Waals surface area contributed by atoms with Gasteiger partial charge in [0.1, 0.15) is 0 Å². The lowest BCUT2D eigenvalue weighted by atomic mass is 10.2. The van der Waals surface area contributed by atoms with Crippen molar-refractivity contribution in [2.24, 2.45) is 0 Å². The van der Waals surface area contributed by atoms with Gasteiger partial charge in [-0.3, -0.25) is 4.79 Å². The van der Waals surface area contributed by atoms with Crippen LogP contribution in [0.4, 0.5) is 18.9 Å². The fourth-order valence-electron chi connectivity index (χ4n) is 2.40. The van der Waals surface area contributed by atoms with Gasteiger partial charge in [-0.1, -0.05) is 6.07 Å². The van der Waals surface area contributed by atoms with Crippen molar-refractivity contribution >= 4 is 23.4 Å². The SMILES string of the molecule is COc1ccc(-n2ncc(C(=O)Nc3cccc(SC)c3)c2C(F)(F)F)nn1. The number of hydrogen-bond donors (Lipinski definition) is 1. The first-order chi connectivity index (χ1) is 13.3. The number of carbonyl (C=O) groups is 1. The van der Waals surface area contributed by atoms with Gasteiger partial charge in [-0.2, -0.15) is 18.3 Å². The molecule has 3 aromatic rings. The second-order valence-corrected chi connectivity index (χ2v) is 6.32. The molecule has 0 radical (unpaired) electrons. The number of halogens is 3. The molecule has 1 aromatic carbocycles. The van der Waals surface area contributed by atoms with E-state index in [2.05, 4.69) is 20.6 Å². The van der Waals surface area contributed by atoms with Crippen LogP contribution in [0.15, 0.2) is 47.5 Å². The van der Waals surface area contributed by atoms with Gasteiger partial charge in [0, 0.05) is 16.6 Å². The normalized spacial score (nSPS) is 11.3. The Bertz CT molecular complexity index is 989. The number of hydrogen-bond acceptors (Lipinski definition) is 6. The number of nitrogens with zero attached hydrogens (tertiary/aromatic N) is 4. The second-order valence-electron chi connectivity index (χ2n) is 5.44. The Labute approximate surface area is 161 Å². The zero-order valence-corrected chi connectivity index (χ0v) is 15.5. The zero-order valence-electron chi connectivity index (χ0n) is 14.7. The van der Waals surface area contributed by atoms with E-state index in [9.17, 15) is 18.0 Å². The van der Waals surface area contributed by atoms with E-state index in [4.69, 9.17) is 4.74 Å². The third-order valence-electron chi connectivity index (χ3n) is 3.66. The van der Waals surface area contributed by atoms with Crippen molar-refractivity contribution < 1.29 is 22.7 Å². The summed E-state index contributed by atoms with van der Waals surface area (Å²) in [5.74, 6) is -0.994. The molecule has 0 aliphatic heterocycles. The highest BCUT2D eigenvalue weighted by atomic mass is 32.2. The number of benzene rings is 1. The summed E-state index contributed by atoms with van der Waals surface area (Å²) in [4.78, 5) is 13.4. The van der Waals surface area contributed by atoms with E-state index in [0.29, 0.717) is 10.4 Å². The van der Waals surface area contributed by atoms with Crippen LogP contribution in [0.1, 0.15) is 16.1 Å². The lowest BCUT2D eigenvalue weighted by Crippen LogP contribution is -2.21. The van der Waals surface area contributed by atoms with E-state index in [1.54, 1.807) is 18.2 Å². The van der Waals surface area contributed by atoms with Crippen LogP contribution >= 0.6 is 11.8 Å². The molecule has 7 nitrogen and oxygen atoms in total. The standard InChI is InChI=1S/C17H14F3N5O2S/c1-27-14-7-6-13(23-24-14)25-15(17(18,19)20)12(9-21-25)16(26)22-10-4-3-5-11(8-10)28-2/h3-9H,1-2H3,(H,22,26). The lowest BCUT2D eigenvalue weighted by molar-refractivity contribution is -0.143. The number of methoxy groups -OCH3 is 1. The highest BCUT2D eigenvalue weighted by Crippen LogP contribution is 2.34. The number of carbonyl (C=O) groups excluding carboxylic acids is 1. The molecule has 0 saturated heterocycles. The number of thioether (sulfide) groups is 1. The molecule has 1 amide bonds. The summed E-state index contributed by atoms with van der Waals surface area (Å²) in [5.41, 5.74) is -1.49. The molecular weight excluding hydrogens is 395 g/mol. The van der Waals surface area contributed by atoms with Crippen LogP contribution in [0.2, 0.25) is 0 Å². The lowest BCUT2D eigenvalue weighted by Gasteiger charge is -2.12. The van der Waals surface area contributed by atoms with Crippen LogP contribution in [0, 0.1) is 0 Å². The molecule has 3 rings (SSSR count). The van der Waals surface area contributed by atoms with Crippen LogP contribution in [-0.2, 0) is 6.18 Å². The average molecular weight is 409 g/mol. The zero-order chi connectivity index (χ0) is 20.3. The van der Waals surface area contributed by atoms with Crippen molar-refractivity contribution in [2.45, 2.75) is 11.1 Å². The molecule has 11 heteroatoms. The van der Waals surface area contributed by atoms with E-state index in [1.807, 2.05) is 12.3 Å². The van der Waals surface area contributed by atoms with Gasteiger partial charge in [0.15, 0.2) is 11.5 Å². The van der Waals surface area contributed by atoms with Gasteiger partial charge in [0.05, 0.1) is 18.9 Å². The molecule has 28 heavy (non-hydrogen) atoms. The van der Waals surface area contributed by atoms with Crippen molar-refractivity contribution in [3.05, 3.63) is 53.9 Å². The Hall–Kier alpha value is -3.08. The predicted octanol–water partition coefficient (Wildman–Crippen LogP) is 3.66.